The maximum absolute atomic E-state index is 12.7. The van der Waals surface area contributed by atoms with E-state index in [9.17, 15) is 14.4 Å². The number of aromatic amines is 1. The van der Waals surface area contributed by atoms with Gasteiger partial charge in [0.15, 0.2) is 18.1 Å². The standard InChI is InChI=1S/C26H23IN4O5/c1-3-35-22-13-17(14-28-31-25(33)19-6-4-5-7-21(19)30-26(31)34)12-20(27)24(22)36-15-23(32)29-18-10-8-16(2)9-11-18/h4-14H,3,15H2,1-2H3,(H,29,32)(H,30,34). The third-order valence-corrected chi connectivity index (χ3v) is 5.92. The number of nitrogens with one attached hydrogen (secondary N) is 2. The molecule has 0 aliphatic heterocycles. The third-order valence-electron chi connectivity index (χ3n) is 5.12. The van der Waals surface area contributed by atoms with Gasteiger partial charge in [0.05, 0.1) is 27.3 Å². The Kier molecular flexibility index (Phi) is 7.84. The van der Waals surface area contributed by atoms with E-state index in [0.717, 1.165) is 10.2 Å². The van der Waals surface area contributed by atoms with Crippen LogP contribution in [0.15, 0.2) is 75.4 Å². The Morgan fingerprint density at radius 2 is 1.86 bits per heavy atom. The van der Waals surface area contributed by atoms with Crippen LogP contribution in [0.5, 0.6) is 11.5 Å². The predicted octanol–water partition coefficient (Wildman–Crippen LogP) is 3.90. The van der Waals surface area contributed by atoms with Crippen LogP contribution in [0.1, 0.15) is 18.1 Å². The highest BCUT2D eigenvalue weighted by atomic mass is 127. The van der Waals surface area contributed by atoms with Crippen molar-refractivity contribution in [2.75, 3.05) is 18.5 Å². The summed E-state index contributed by atoms with van der Waals surface area (Å²) >= 11 is 2.07. The SMILES string of the molecule is CCOc1cc(C=Nn2c(=O)[nH]c3ccccc3c2=O)cc(I)c1OCC(=O)Nc1ccc(C)cc1. The van der Waals surface area contributed by atoms with Crippen molar-refractivity contribution in [1.29, 1.82) is 0 Å². The summed E-state index contributed by atoms with van der Waals surface area (Å²) in [6.45, 7) is 3.96. The Morgan fingerprint density at radius 3 is 2.61 bits per heavy atom. The van der Waals surface area contributed by atoms with Gasteiger partial charge in [-0.3, -0.25) is 9.59 Å². The molecule has 0 bridgehead atoms. The first-order chi connectivity index (χ1) is 17.4. The van der Waals surface area contributed by atoms with Gasteiger partial charge in [0.1, 0.15) is 0 Å². The van der Waals surface area contributed by atoms with Gasteiger partial charge in [-0.2, -0.15) is 5.10 Å². The number of hydrogen-bond donors (Lipinski definition) is 2. The van der Waals surface area contributed by atoms with Crippen LogP contribution < -0.4 is 26.0 Å². The molecule has 0 spiro atoms. The van der Waals surface area contributed by atoms with E-state index in [1.54, 1.807) is 36.4 Å². The number of fused-ring (bicyclic) bond motifs is 1. The average molecular weight is 598 g/mol. The molecule has 10 heteroatoms. The highest BCUT2D eigenvalue weighted by molar-refractivity contribution is 14.1. The lowest BCUT2D eigenvalue weighted by atomic mass is 10.2. The Hall–Kier alpha value is -3.93. The molecule has 2 N–H and O–H groups in total. The minimum Gasteiger partial charge on any atom is -0.490 e. The Morgan fingerprint density at radius 1 is 1.11 bits per heavy atom. The van der Waals surface area contributed by atoms with Crippen molar-refractivity contribution in [2.45, 2.75) is 13.8 Å². The molecule has 184 valence electrons. The van der Waals surface area contributed by atoms with Crippen LogP contribution in [0.4, 0.5) is 5.69 Å². The zero-order chi connectivity index (χ0) is 25.7. The quantitative estimate of drug-likeness (QED) is 0.236. The summed E-state index contributed by atoms with van der Waals surface area (Å²) in [6.07, 6.45) is 1.39. The van der Waals surface area contributed by atoms with Gasteiger partial charge < -0.3 is 19.8 Å². The maximum atomic E-state index is 12.7. The zero-order valence-electron chi connectivity index (χ0n) is 19.6. The van der Waals surface area contributed by atoms with Crippen LogP contribution in [0.2, 0.25) is 0 Å². The molecule has 4 aromatic rings. The molecule has 1 heterocycles. The lowest BCUT2D eigenvalue weighted by Gasteiger charge is -2.14. The number of anilines is 1. The summed E-state index contributed by atoms with van der Waals surface area (Å²) in [5.74, 6) is 0.515. The molecule has 4 rings (SSSR count). The molecular formula is C26H23IN4O5. The summed E-state index contributed by atoms with van der Waals surface area (Å²) in [5.41, 5.74) is 1.64. The molecule has 1 aromatic heterocycles. The van der Waals surface area contributed by atoms with Gasteiger partial charge in [0, 0.05) is 5.69 Å². The van der Waals surface area contributed by atoms with Crippen LogP contribution in [-0.2, 0) is 4.79 Å². The number of ether oxygens (including phenoxy) is 2. The molecule has 0 fully saturated rings. The van der Waals surface area contributed by atoms with Crippen molar-refractivity contribution in [3.63, 3.8) is 0 Å². The average Bonchev–Trinajstić information content (AvgIpc) is 2.85. The molecule has 9 nitrogen and oxygen atoms in total. The van der Waals surface area contributed by atoms with Crippen molar-refractivity contribution in [3.05, 3.63) is 96.2 Å². The summed E-state index contributed by atoms with van der Waals surface area (Å²) in [6, 6.07) is 17.6. The molecule has 0 saturated heterocycles. The first-order valence-corrected chi connectivity index (χ1v) is 12.2. The number of amides is 1. The summed E-state index contributed by atoms with van der Waals surface area (Å²) in [7, 11) is 0. The first-order valence-electron chi connectivity index (χ1n) is 11.1. The molecule has 0 unspecified atom stereocenters. The molecule has 0 aliphatic carbocycles. The van der Waals surface area contributed by atoms with Crippen molar-refractivity contribution in [2.24, 2.45) is 5.10 Å². The fourth-order valence-corrected chi connectivity index (χ4v) is 4.20. The second-order valence-corrected chi connectivity index (χ2v) is 8.97. The largest absolute Gasteiger partial charge is 0.490 e. The minimum atomic E-state index is -0.644. The summed E-state index contributed by atoms with van der Waals surface area (Å²) in [5, 5.41) is 7.24. The van der Waals surface area contributed by atoms with E-state index in [1.807, 2.05) is 38.1 Å². The number of aryl methyl sites for hydroxylation is 1. The first kappa shape index (κ1) is 25.2. The second kappa shape index (κ2) is 11.2. The monoisotopic (exact) mass is 598 g/mol. The fraction of sp³-hybridized carbons (Fsp3) is 0.154. The molecule has 3 aromatic carbocycles. The van der Waals surface area contributed by atoms with E-state index >= 15 is 0 Å². The molecule has 0 atom stereocenters. The third kappa shape index (κ3) is 5.82. The number of aromatic nitrogens is 2. The molecule has 0 aliphatic rings. The lowest BCUT2D eigenvalue weighted by Crippen LogP contribution is -2.32. The number of para-hydroxylation sites is 1. The number of hydrogen-bond acceptors (Lipinski definition) is 6. The van der Waals surface area contributed by atoms with Crippen LogP contribution in [-0.4, -0.2) is 35.0 Å². The van der Waals surface area contributed by atoms with Crippen molar-refractivity contribution in [1.82, 2.24) is 9.66 Å². The topological polar surface area (TPSA) is 115 Å². The number of rotatable bonds is 8. The summed E-state index contributed by atoms with van der Waals surface area (Å²) < 4.78 is 12.9. The molecular weight excluding hydrogens is 575 g/mol. The number of carbonyl (C=O) groups is 1. The predicted molar refractivity (Wildman–Crippen MR) is 147 cm³/mol. The van der Waals surface area contributed by atoms with Crippen molar-refractivity contribution >= 4 is 51.3 Å². The van der Waals surface area contributed by atoms with Crippen molar-refractivity contribution in [3.8, 4) is 11.5 Å². The maximum Gasteiger partial charge on any atom is 0.349 e. The van der Waals surface area contributed by atoms with E-state index in [1.165, 1.54) is 6.21 Å². The Labute approximate surface area is 219 Å². The normalized spacial score (nSPS) is 11.1. The van der Waals surface area contributed by atoms with Gasteiger partial charge in [-0.25, -0.2) is 4.79 Å². The fourth-order valence-electron chi connectivity index (χ4n) is 3.42. The minimum absolute atomic E-state index is 0.209. The number of benzene rings is 3. The Balaban J connectivity index is 1.55. The van der Waals surface area contributed by atoms with Crippen LogP contribution in [0.3, 0.4) is 0 Å². The number of carbonyl (C=O) groups excluding carboxylic acids is 1. The van der Waals surface area contributed by atoms with E-state index in [-0.39, 0.29) is 12.5 Å². The van der Waals surface area contributed by atoms with Gasteiger partial charge in [-0.1, -0.05) is 29.8 Å². The highest BCUT2D eigenvalue weighted by Gasteiger charge is 2.14. The van der Waals surface area contributed by atoms with E-state index in [2.05, 4.69) is 38.0 Å². The lowest BCUT2D eigenvalue weighted by molar-refractivity contribution is -0.118. The smallest absolute Gasteiger partial charge is 0.349 e. The van der Waals surface area contributed by atoms with Crippen LogP contribution >= 0.6 is 22.6 Å². The van der Waals surface area contributed by atoms with E-state index in [4.69, 9.17) is 9.47 Å². The number of H-pyrrole nitrogens is 1. The molecule has 36 heavy (non-hydrogen) atoms. The molecule has 1 amide bonds. The van der Waals surface area contributed by atoms with Crippen molar-refractivity contribution < 1.29 is 14.3 Å². The van der Waals surface area contributed by atoms with E-state index in [0.29, 0.717) is 43.8 Å². The number of halogens is 1. The van der Waals surface area contributed by atoms with Gasteiger partial charge in [-0.05, 0) is 78.4 Å². The van der Waals surface area contributed by atoms with Gasteiger partial charge in [0.2, 0.25) is 0 Å². The number of nitrogens with zero attached hydrogens (tertiary/aromatic N) is 2. The molecule has 0 radical (unpaired) electrons. The van der Waals surface area contributed by atoms with Crippen LogP contribution in [0.25, 0.3) is 10.9 Å². The van der Waals surface area contributed by atoms with E-state index < -0.39 is 11.2 Å². The van der Waals surface area contributed by atoms with Crippen LogP contribution in [0, 0.1) is 10.5 Å². The summed E-state index contributed by atoms with van der Waals surface area (Å²) in [4.78, 5) is 40.1. The van der Waals surface area contributed by atoms with Gasteiger partial charge >= 0.3 is 5.69 Å². The Bertz CT molecular complexity index is 1560. The molecule has 0 saturated carbocycles. The van der Waals surface area contributed by atoms with Gasteiger partial charge in [-0.15, -0.1) is 4.68 Å². The second-order valence-electron chi connectivity index (χ2n) is 7.80. The highest BCUT2D eigenvalue weighted by Crippen LogP contribution is 2.34. The zero-order valence-corrected chi connectivity index (χ0v) is 21.7. The van der Waals surface area contributed by atoms with Gasteiger partial charge in [0.25, 0.3) is 11.5 Å².